The molecular weight excluding hydrogens is 158 g/mol. The molecule has 0 aromatic rings. The summed E-state index contributed by atoms with van der Waals surface area (Å²) < 4.78 is 0. The topological polar surface area (TPSA) is 3.24 Å². The molecule has 1 rings (SSSR count). The fourth-order valence-corrected chi connectivity index (χ4v) is 3.47. The number of likely N-dealkylation sites (tertiary alicyclic amines) is 1. The van der Waals surface area contributed by atoms with Crippen molar-refractivity contribution in [3.8, 4) is 0 Å². The van der Waals surface area contributed by atoms with Crippen LogP contribution in [0.1, 0.15) is 61.3 Å². The normalized spacial score (nSPS) is 27.9. The van der Waals surface area contributed by atoms with E-state index in [0.717, 1.165) is 0 Å². The van der Waals surface area contributed by atoms with Crippen LogP contribution in [0.2, 0.25) is 0 Å². The third-order valence-electron chi connectivity index (χ3n) is 3.23. The van der Waals surface area contributed by atoms with Crippen LogP contribution in [0, 0.1) is 0 Å². The number of hydrogen-bond acceptors (Lipinski definition) is 1. The Morgan fingerprint density at radius 3 is 1.31 bits per heavy atom. The lowest BCUT2D eigenvalue weighted by Gasteiger charge is -2.49. The van der Waals surface area contributed by atoms with Gasteiger partial charge in [0.1, 0.15) is 0 Å². The molecule has 0 amide bonds. The maximum atomic E-state index is 2.67. The third-order valence-corrected chi connectivity index (χ3v) is 3.23. The van der Waals surface area contributed by atoms with Gasteiger partial charge >= 0.3 is 0 Å². The van der Waals surface area contributed by atoms with Gasteiger partial charge in [-0.15, -0.1) is 0 Å². The van der Waals surface area contributed by atoms with Gasteiger partial charge in [-0.25, -0.2) is 0 Å². The Morgan fingerprint density at radius 2 is 1.15 bits per heavy atom. The van der Waals surface area contributed by atoms with Crippen molar-refractivity contribution in [2.24, 2.45) is 0 Å². The standard InChI is InChI=1S/C12H25N/c1-10(2,3)13-11(4,5)8-9-12(13,6)7/h8-9H2,1-7H3. The van der Waals surface area contributed by atoms with Crippen LogP contribution in [0.15, 0.2) is 0 Å². The SMILES string of the molecule is CC(C)(C)N1C(C)(C)CCC1(C)C. The Hall–Kier alpha value is -0.0400. The maximum absolute atomic E-state index is 2.67. The molecule has 0 aliphatic carbocycles. The van der Waals surface area contributed by atoms with E-state index in [2.05, 4.69) is 53.4 Å². The first-order valence-corrected chi connectivity index (χ1v) is 5.38. The molecule has 1 saturated heterocycles. The molecule has 0 aromatic carbocycles. The molecule has 13 heavy (non-hydrogen) atoms. The summed E-state index contributed by atoms with van der Waals surface area (Å²) in [6, 6.07) is 0. The molecular formula is C12H25N. The van der Waals surface area contributed by atoms with Gasteiger partial charge in [0.2, 0.25) is 0 Å². The van der Waals surface area contributed by atoms with Crippen LogP contribution < -0.4 is 0 Å². The summed E-state index contributed by atoms with van der Waals surface area (Å²) in [4.78, 5) is 2.67. The predicted molar refractivity (Wildman–Crippen MR) is 59.0 cm³/mol. The van der Waals surface area contributed by atoms with E-state index in [4.69, 9.17) is 0 Å². The smallest absolute Gasteiger partial charge is 0.0164 e. The van der Waals surface area contributed by atoms with Crippen molar-refractivity contribution < 1.29 is 0 Å². The minimum Gasteiger partial charge on any atom is -0.288 e. The van der Waals surface area contributed by atoms with Crippen LogP contribution in [0.5, 0.6) is 0 Å². The molecule has 0 unspecified atom stereocenters. The van der Waals surface area contributed by atoms with E-state index < -0.39 is 0 Å². The Bertz CT molecular complexity index is 180. The van der Waals surface area contributed by atoms with Gasteiger partial charge in [0.05, 0.1) is 0 Å². The first kappa shape index (κ1) is 11.0. The molecule has 0 bridgehead atoms. The summed E-state index contributed by atoms with van der Waals surface area (Å²) in [7, 11) is 0. The molecule has 1 heterocycles. The van der Waals surface area contributed by atoms with E-state index in [9.17, 15) is 0 Å². The molecule has 0 atom stereocenters. The van der Waals surface area contributed by atoms with Crippen LogP contribution in [0.3, 0.4) is 0 Å². The van der Waals surface area contributed by atoms with Crippen molar-refractivity contribution >= 4 is 0 Å². The summed E-state index contributed by atoms with van der Waals surface area (Å²) in [5.41, 5.74) is 1.01. The second-order valence-corrected chi connectivity index (χ2v) is 6.63. The number of rotatable bonds is 0. The molecule has 0 radical (unpaired) electrons. The highest BCUT2D eigenvalue weighted by Crippen LogP contribution is 2.44. The Labute approximate surface area is 83.5 Å². The van der Waals surface area contributed by atoms with Crippen LogP contribution >= 0.6 is 0 Å². The van der Waals surface area contributed by atoms with Crippen molar-refractivity contribution in [3.63, 3.8) is 0 Å². The van der Waals surface area contributed by atoms with Gasteiger partial charge in [-0.2, -0.15) is 0 Å². The van der Waals surface area contributed by atoms with E-state index in [0.29, 0.717) is 11.1 Å². The second-order valence-electron chi connectivity index (χ2n) is 6.63. The van der Waals surface area contributed by atoms with Gasteiger partial charge in [0.25, 0.3) is 0 Å². The summed E-state index contributed by atoms with van der Waals surface area (Å²) in [6.45, 7) is 16.4. The van der Waals surface area contributed by atoms with E-state index in [1.54, 1.807) is 0 Å². The lowest BCUT2D eigenvalue weighted by Crippen LogP contribution is -2.57. The summed E-state index contributed by atoms with van der Waals surface area (Å²) >= 11 is 0. The van der Waals surface area contributed by atoms with Gasteiger partial charge in [-0.1, -0.05) is 0 Å². The first-order valence-electron chi connectivity index (χ1n) is 5.38. The number of hydrogen-bond donors (Lipinski definition) is 0. The maximum Gasteiger partial charge on any atom is 0.0164 e. The Kier molecular flexibility index (Phi) is 2.31. The Morgan fingerprint density at radius 1 is 0.846 bits per heavy atom. The van der Waals surface area contributed by atoms with Crippen molar-refractivity contribution in [2.75, 3.05) is 0 Å². The zero-order valence-corrected chi connectivity index (χ0v) is 10.4. The zero-order chi connectivity index (χ0) is 10.5. The zero-order valence-electron chi connectivity index (χ0n) is 10.4. The van der Waals surface area contributed by atoms with E-state index in [-0.39, 0.29) is 5.54 Å². The molecule has 0 N–H and O–H groups in total. The molecule has 1 heteroatoms. The fourth-order valence-electron chi connectivity index (χ4n) is 3.47. The molecule has 78 valence electrons. The number of nitrogens with zero attached hydrogens (tertiary/aromatic N) is 1. The Balaban J connectivity index is 3.02. The van der Waals surface area contributed by atoms with Gasteiger partial charge in [0.15, 0.2) is 0 Å². The van der Waals surface area contributed by atoms with Crippen LogP contribution in [-0.4, -0.2) is 21.5 Å². The lowest BCUT2D eigenvalue weighted by atomic mass is 9.93. The summed E-state index contributed by atoms with van der Waals surface area (Å²) in [6.07, 6.45) is 2.63. The fraction of sp³-hybridized carbons (Fsp3) is 1.00. The highest BCUT2D eigenvalue weighted by Gasteiger charge is 2.49. The molecule has 0 aromatic heterocycles. The van der Waals surface area contributed by atoms with E-state index >= 15 is 0 Å². The molecule has 1 aliphatic rings. The van der Waals surface area contributed by atoms with Gasteiger partial charge in [-0.05, 0) is 61.3 Å². The first-order chi connectivity index (χ1) is 5.57. The molecule has 1 aliphatic heterocycles. The van der Waals surface area contributed by atoms with E-state index in [1.165, 1.54) is 12.8 Å². The van der Waals surface area contributed by atoms with Crippen molar-refractivity contribution in [1.29, 1.82) is 0 Å². The highest BCUT2D eigenvalue weighted by atomic mass is 15.3. The largest absolute Gasteiger partial charge is 0.288 e. The quantitative estimate of drug-likeness (QED) is 0.556. The summed E-state index contributed by atoms with van der Waals surface area (Å²) in [5, 5.41) is 0. The lowest BCUT2D eigenvalue weighted by molar-refractivity contribution is -0.00876. The molecule has 1 fully saturated rings. The van der Waals surface area contributed by atoms with Crippen molar-refractivity contribution in [3.05, 3.63) is 0 Å². The van der Waals surface area contributed by atoms with Gasteiger partial charge in [-0.3, -0.25) is 4.90 Å². The predicted octanol–water partition coefficient (Wildman–Crippen LogP) is 3.44. The third kappa shape index (κ3) is 1.90. The van der Waals surface area contributed by atoms with Crippen LogP contribution in [-0.2, 0) is 0 Å². The van der Waals surface area contributed by atoms with Gasteiger partial charge < -0.3 is 0 Å². The highest BCUT2D eigenvalue weighted by molar-refractivity contribution is 5.05. The summed E-state index contributed by atoms with van der Waals surface area (Å²) in [5.74, 6) is 0. The molecule has 1 nitrogen and oxygen atoms in total. The van der Waals surface area contributed by atoms with Crippen molar-refractivity contribution in [2.45, 2.75) is 77.9 Å². The van der Waals surface area contributed by atoms with Gasteiger partial charge in [0, 0.05) is 16.6 Å². The second kappa shape index (κ2) is 2.73. The molecule has 0 saturated carbocycles. The monoisotopic (exact) mass is 183 g/mol. The average Bonchev–Trinajstić information content (AvgIpc) is 1.98. The van der Waals surface area contributed by atoms with E-state index in [1.807, 2.05) is 0 Å². The average molecular weight is 183 g/mol. The van der Waals surface area contributed by atoms with Crippen LogP contribution in [0.4, 0.5) is 0 Å². The minimum absolute atomic E-state index is 0.281. The minimum atomic E-state index is 0.281. The van der Waals surface area contributed by atoms with Crippen LogP contribution in [0.25, 0.3) is 0 Å². The molecule has 0 spiro atoms. The van der Waals surface area contributed by atoms with Crippen molar-refractivity contribution in [1.82, 2.24) is 4.90 Å².